The number of nitrogens with zero attached hydrogens (tertiary/aromatic N) is 4. The Hall–Kier alpha value is -3.87. The number of fused-ring (bicyclic) bond motifs is 1. The number of aryl methyl sites for hydroxylation is 2. The minimum atomic E-state index is 0. The van der Waals surface area contributed by atoms with Crippen LogP contribution < -0.4 is 24.8 Å². The topological polar surface area (TPSA) is 38.2 Å². The molecule has 198 valence electrons. The molecule has 3 aromatic rings. The van der Waals surface area contributed by atoms with Crippen molar-refractivity contribution >= 4 is 52.8 Å². The molecule has 1 aromatic carbocycles. The maximum Gasteiger partial charge on any atom is 0.330 e. The molecule has 39 heavy (non-hydrogen) atoms. The number of likely N-dealkylation sites (N-methyl/N-ethyl adjacent to an activating group) is 1. The highest BCUT2D eigenvalue weighted by molar-refractivity contribution is 14.0. The van der Waals surface area contributed by atoms with E-state index in [0.717, 1.165) is 47.7 Å². The summed E-state index contributed by atoms with van der Waals surface area (Å²) >= 11 is 0. The highest BCUT2D eigenvalue weighted by Gasteiger charge is 2.16. The van der Waals surface area contributed by atoms with Gasteiger partial charge in [0.25, 0.3) is 0 Å². The van der Waals surface area contributed by atoms with Gasteiger partial charge in [-0.15, -0.1) is 24.0 Å². The predicted octanol–water partition coefficient (Wildman–Crippen LogP) is 6.08. The van der Waals surface area contributed by atoms with Gasteiger partial charge in [-0.05, 0) is 68.8 Å². The zero-order chi connectivity index (χ0) is 26.3. The van der Waals surface area contributed by atoms with Gasteiger partial charge >= 0.3 is 11.1 Å². The molecule has 1 aliphatic heterocycles. The Morgan fingerprint density at radius 3 is 2.21 bits per heavy atom. The summed E-state index contributed by atoms with van der Waals surface area (Å²) in [5.74, 6) is 0. The molecule has 1 N–H and O–H groups in total. The van der Waals surface area contributed by atoms with Crippen LogP contribution in [0.3, 0.4) is 0 Å². The molecule has 0 unspecified atom stereocenters. The number of allylic oxidation sites excluding steroid dienone is 8. The molecule has 0 amide bonds. The van der Waals surface area contributed by atoms with E-state index in [2.05, 4.69) is 144 Å². The van der Waals surface area contributed by atoms with Crippen LogP contribution >= 0.6 is 24.0 Å². The van der Waals surface area contributed by atoms with Crippen molar-refractivity contribution < 1.29 is 4.57 Å². The van der Waals surface area contributed by atoms with Gasteiger partial charge in [0.15, 0.2) is 12.4 Å². The average Bonchev–Trinajstić information content (AvgIpc) is 2.97. The lowest BCUT2D eigenvalue weighted by molar-refractivity contribution is -0.693. The molecule has 0 saturated carbocycles. The molecule has 2 aromatic heterocycles. The number of benzene rings is 1. The van der Waals surface area contributed by atoms with Crippen molar-refractivity contribution in [3.8, 4) is 0 Å². The molecule has 5 nitrogen and oxygen atoms in total. The highest BCUT2D eigenvalue weighted by Crippen LogP contribution is 2.33. The zero-order valence-corrected chi connectivity index (χ0v) is 25.1. The summed E-state index contributed by atoms with van der Waals surface area (Å²) in [5, 5.41) is 4.49. The second-order valence-electron chi connectivity index (χ2n) is 9.24. The lowest BCUT2D eigenvalue weighted by Crippen LogP contribution is -2.30. The fraction of sp³-hybridized carbons (Fsp3) is 0.182. The average molecular weight is 630 g/mol. The van der Waals surface area contributed by atoms with Gasteiger partial charge in [0.1, 0.15) is 6.54 Å². The van der Waals surface area contributed by atoms with Gasteiger partial charge in [-0.2, -0.15) is 0 Å². The fourth-order valence-electron chi connectivity index (χ4n) is 4.56. The Kier molecular flexibility index (Phi) is 9.58. The normalized spacial score (nSPS) is 14.6. The van der Waals surface area contributed by atoms with Crippen LogP contribution in [-0.4, -0.2) is 16.8 Å². The number of anilines is 3. The predicted molar refractivity (Wildman–Crippen MR) is 174 cm³/mol. The second kappa shape index (κ2) is 13.3. The van der Waals surface area contributed by atoms with Crippen molar-refractivity contribution in [1.29, 1.82) is 0 Å². The number of rotatable bonds is 6. The van der Waals surface area contributed by atoms with Gasteiger partial charge in [-0.3, -0.25) is 0 Å². The Bertz CT molecular complexity index is 1540. The van der Waals surface area contributed by atoms with Gasteiger partial charge in [-0.1, -0.05) is 16.8 Å². The first-order chi connectivity index (χ1) is 18.6. The van der Waals surface area contributed by atoms with E-state index < -0.39 is 0 Å². The van der Waals surface area contributed by atoms with Gasteiger partial charge in [0, 0.05) is 84.5 Å². The molecule has 2 aliphatic rings. The second-order valence-corrected chi connectivity index (χ2v) is 9.24. The lowest BCUT2D eigenvalue weighted by Gasteiger charge is -2.29. The summed E-state index contributed by atoms with van der Waals surface area (Å²) in [6.45, 7) is 9.29. The van der Waals surface area contributed by atoms with E-state index in [1.165, 1.54) is 16.9 Å². The van der Waals surface area contributed by atoms with E-state index in [4.69, 9.17) is 4.67 Å². The van der Waals surface area contributed by atoms with Crippen LogP contribution in [0.4, 0.5) is 17.1 Å². The van der Waals surface area contributed by atoms with Crippen LogP contribution in [0.1, 0.15) is 26.3 Å². The Morgan fingerprint density at radius 2 is 1.54 bits per heavy atom. The third-order valence-corrected chi connectivity index (χ3v) is 6.76. The molecule has 0 fully saturated rings. The van der Waals surface area contributed by atoms with Crippen LogP contribution in [-0.2, 0) is 13.1 Å². The van der Waals surface area contributed by atoms with E-state index >= 15 is 0 Å². The Balaban J connectivity index is 0.00000353. The Morgan fingerprint density at radius 1 is 0.795 bits per heavy atom. The minimum Gasteiger partial charge on any atom is -0.355 e. The third kappa shape index (κ3) is 6.96. The van der Waals surface area contributed by atoms with Gasteiger partial charge in [0.2, 0.25) is 0 Å². The first-order valence-electron chi connectivity index (χ1n) is 13.4. The molecule has 3 heterocycles. The van der Waals surface area contributed by atoms with E-state index in [-0.39, 0.29) is 24.0 Å². The van der Waals surface area contributed by atoms with Crippen molar-refractivity contribution in [1.82, 2.24) is 9.24 Å². The lowest BCUT2D eigenvalue weighted by atomic mass is 10.0. The molecular weight excluding hydrogens is 593 g/mol. The largest absolute Gasteiger partial charge is 0.355 e. The fourth-order valence-corrected chi connectivity index (χ4v) is 4.56. The van der Waals surface area contributed by atoms with Crippen molar-refractivity contribution in [2.45, 2.75) is 33.9 Å². The SMILES string of the molecule is CCN1/C(=C/C=C2C=CC(=[N+]=c3ccn(CC)cc3)C=C2)C=Cc2cc(Nc3cc[n+](CC)cc3)ccc21.I. The van der Waals surface area contributed by atoms with Crippen molar-refractivity contribution in [2.24, 2.45) is 0 Å². The van der Waals surface area contributed by atoms with Crippen molar-refractivity contribution in [3.63, 3.8) is 0 Å². The first kappa shape index (κ1) is 28.1. The summed E-state index contributed by atoms with van der Waals surface area (Å²) in [4.78, 5) is 2.35. The van der Waals surface area contributed by atoms with Crippen LogP contribution in [0.15, 0.2) is 121 Å². The summed E-state index contributed by atoms with van der Waals surface area (Å²) in [5.41, 5.74) is 7.89. The van der Waals surface area contributed by atoms with E-state index in [0.29, 0.717) is 0 Å². The number of hydrogen-bond donors (Lipinski definition) is 1. The summed E-state index contributed by atoms with van der Waals surface area (Å²) in [6, 6.07) is 14.9. The Labute approximate surface area is 248 Å². The summed E-state index contributed by atoms with van der Waals surface area (Å²) in [6.07, 6.45) is 25.4. The zero-order valence-electron chi connectivity index (χ0n) is 22.8. The number of halogens is 1. The van der Waals surface area contributed by atoms with E-state index in [9.17, 15) is 0 Å². The van der Waals surface area contributed by atoms with Crippen LogP contribution in [0.2, 0.25) is 0 Å². The summed E-state index contributed by atoms with van der Waals surface area (Å²) < 4.78 is 9.01. The first-order valence-corrected chi connectivity index (χ1v) is 13.4. The number of pyridine rings is 2. The van der Waals surface area contributed by atoms with Gasteiger partial charge < -0.3 is 14.8 Å². The monoisotopic (exact) mass is 629 g/mol. The molecule has 5 rings (SSSR count). The molecule has 0 spiro atoms. The molecule has 6 heteroatoms. The van der Waals surface area contributed by atoms with E-state index in [1.807, 2.05) is 12.1 Å². The van der Waals surface area contributed by atoms with Crippen molar-refractivity contribution in [2.75, 3.05) is 16.8 Å². The van der Waals surface area contributed by atoms with E-state index in [1.54, 1.807) is 0 Å². The summed E-state index contributed by atoms with van der Waals surface area (Å²) in [7, 11) is 0. The van der Waals surface area contributed by atoms with Gasteiger partial charge in [0.05, 0.1) is 5.69 Å². The highest BCUT2D eigenvalue weighted by atomic mass is 127. The number of nitrogens with one attached hydrogen (secondary N) is 1. The van der Waals surface area contributed by atoms with Gasteiger partial charge in [-0.25, -0.2) is 4.57 Å². The molecule has 0 bridgehead atoms. The molecular formula is C33H36IN5+2. The molecule has 1 aliphatic carbocycles. The molecule has 0 saturated heterocycles. The van der Waals surface area contributed by atoms with Crippen LogP contribution in [0.5, 0.6) is 0 Å². The quantitative estimate of drug-likeness (QED) is 0.204. The standard InChI is InChI=1S/C33H34N5.HI/c1-4-36-21-17-29(18-22-36)34-28-11-7-26(8-12-28)9-14-32-15-10-27-25-31(13-16-33(27)38(32)6-3)35-30-19-23-37(5-2)24-20-30;/h7-25H,4-6H2,1-3H3;1H/q+1;/p+1. The third-order valence-electron chi connectivity index (χ3n) is 6.76. The maximum absolute atomic E-state index is 4.73. The smallest absolute Gasteiger partial charge is 0.330 e. The number of aromatic nitrogens is 2. The van der Waals surface area contributed by atoms with Crippen LogP contribution in [0, 0.1) is 0 Å². The molecule has 0 radical (unpaired) electrons. The number of hydrogen-bond acceptors (Lipinski definition) is 2. The van der Waals surface area contributed by atoms with Crippen LogP contribution in [0.25, 0.3) is 6.08 Å². The van der Waals surface area contributed by atoms with Crippen molar-refractivity contribution in [3.05, 3.63) is 132 Å². The minimum absolute atomic E-state index is 0. The molecule has 0 atom stereocenters. The maximum atomic E-state index is 4.73.